The van der Waals surface area contributed by atoms with Crippen LogP contribution < -0.4 is 0 Å². The summed E-state index contributed by atoms with van der Waals surface area (Å²) in [7, 11) is 2.04. The second-order valence-electron chi connectivity index (χ2n) is 4.72. The van der Waals surface area contributed by atoms with E-state index in [4.69, 9.17) is 4.74 Å². The second kappa shape index (κ2) is 4.94. The molecular weight excluding hydrogens is 224 g/mol. The Morgan fingerprint density at radius 1 is 1.31 bits per heavy atom. The number of hydrogen-bond donors (Lipinski definition) is 0. The molecule has 5 heteroatoms. The Labute approximate surface area is 101 Å². The van der Waals surface area contributed by atoms with E-state index in [0.717, 1.165) is 31.1 Å². The summed E-state index contributed by atoms with van der Waals surface area (Å²) in [6.07, 6.45) is 0. The van der Waals surface area contributed by atoms with Gasteiger partial charge in [0.05, 0.1) is 6.61 Å². The zero-order valence-corrected chi connectivity index (χ0v) is 10.9. The number of carbonyl (C=O) groups excluding carboxylic acids is 1. The first-order valence-electron chi connectivity index (χ1n) is 5.81. The summed E-state index contributed by atoms with van der Waals surface area (Å²) < 4.78 is 5.71. The molecule has 0 aromatic carbocycles. The first kappa shape index (κ1) is 12.2. The molecular formula is C11H20N2O2S. The van der Waals surface area contributed by atoms with Gasteiger partial charge in [0.2, 0.25) is 0 Å². The summed E-state index contributed by atoms with van der Waals surface area (Å²) in [4.78, 5) is 16.5. The quantitative estimate of drug-likeness (QED) is 0.663. The third-order valence-corrected chi connectivity index (χ3v) is 4.16. The van der Waals surface area contributed by atoms with Crippen molar-refractivity contribution in [1.82, 2.24) is 9.80 Å². The van der Waals surface area contributed by atoms with Gasteiger partial charge in [0, 0.05) is 37.7 Å². The minimum Gasteiger partial charge on any atom is -0.363 e. The maximum atomic E-state index is 12.4. The SMILES string of the molecule is CN1CCO[C@@](C)(C(=O)N2CCSCC2)C1. The van der Waals surface area contributed by atoms with Gasteiger partial charge < -0.3 is 14.5 Å². The van der Waals surface area contributed by atoms with Gasteiger partial charge in [0.1, 0.15) is 0 Å². The molecule has 0 unspecified atom stereocenters. The van der Waals surface area contributed by atoms with Gasteiger partial charge in [-0.3, -0.25) is 4.79 Å². The lowest BCUT2D eigenvalue weighted by Gasteiger charge is -2.41. The van der Waals surface area contributed by atoms with Gasteiger partial charge in [-0.05, 0) is 14.0 Å². The molecule has 2 fully saturated rings. The van der Waals surface area contributed by atoms with Crippen molar-refractivity contribution in [2.24, 2.45) is 0 Å². The molecule has 2 aliphatic heterocycles. The lowest BCUT2D eigenvalue weighted by Crippen LogP contribution is -2.59. The monoisotopic (exact) mass is 244 g/mol. The number of carbonyl (C=O) groups is 1. The van der Waals surface area contributed by atoms with Crippen LogP contribution in [0.15, 0.2) is 0 Å². The summed E-state index contributed by atoms with van der Waals surface area (Å²) in [5.74, 6) is 2.27. The summed E-state index contributed by atoms with van der Waals surface area (Å²) in [5.41, 5.74) is -0.630. The summed E-state index contributed by atoms with van der Waals surface area (Å²) in [6, 6.07) is 0. The smallest absolute Gasteiger partial charge is 0.255 e. The molecule has 0 aliphatic carbocycles. The number of morpholine rings is 1. The predicted octanol–water partition coefficient (Wildman–Crippen LogP) is 0.282. The highest BCUT2D eigenvalue weighted by Gasteiger charge is 2.41. The topological polar surface area (TPSA) is 32.8 Å². The van der Waals surface area contributed by atoms with E-state index in [1.807, 2.05) is 30.6 Å². The largest absolute Gasteiger partial charge is 0.363 e. The second-order valence-corrected chi connectivity index (χ2v) is 5.95. The van der Waals surface area contributed by atoms with Crippen LogP contribution in [-0.4, -0.2) is 72.6 Å². The zero-order chi connectivity index (χ0) is 11.6. The van der Waals surface area contributed by atoms with Crippen molar-refractivity contribution in [3.05, 3.63) is 0 Å². The van der Waals surface area contributed by atoms with Gasteiger partial charge in [0.25, 0.3) is 5.91 Å². The van der Waals surface area contributed by atoms with Crippen molar-refractivity contribution in [3.8, 4) is 0 Å². The van der Waals surface area contributed by atoms with Gasteiger partial charge in [0.15, 0.2) is 5.60 Å². The molecule has 0 N–H and O–H groups in total. The fourth-order valence-corrected chi connectivity index (χ4v) is 3.20. The Morgan fingerprint density at radius 3 is 2.62 bits per heavy atom. The van der Waals surface area contributed by atoms with Crippen LogP contribution in [0.4, 0.5) is 0 Å². The highest BCUT2D eigenvalue weighted by molar-refractivity contribution is 7.99. The third-order valence-electron chi connectivity index (χ3n) is 3.22. The highest BCUT2D eigenvalue weighted by Crippen LogP contribution is 2.21. The summed E-state index contributed by atoms with van der Waals surface area (Å²) in [5, 5.41) is 0. The molecule has 0 aromatic rings. The van der Waals surface area contributed by atoms with Gasteiger partial charge in [-0.25, -0.2) is 0 Å². The predicted molar refractivity (Wildman–Crippen MR) is 65.8 cm³/mol. The number of amides is 1. The van der Waals surface area contributed by atoms with Crippen molar-refractivity contribution < 1.29 is 9.53 Å². The highest BCUT2D eigenvalue weighted by atomic mass is 32.2. The molecule has 0 saturated carbocycles. The number of nitrogens with zero attached hydrogens (tertiary/aromatic N) is 2. The molecule has 1 amide bonds. The molecule has 2 heterocycles. The van der Waals surface area contributed by atoms with E-state index in [9.17, 15) is 4.79 Å². The minimum absolute atomic E-state index is 0.166. The van der Waals surface area contributed by atoms with Crippen molar-refractivity contribution in [3.63, 3.8) is 0 Å². The summed E-state index contributed by atoms with van der Waals surface area (Å²) in [6.45, 7) is 5.93. The number of hydrogen-bond acceptors (Lipinski definition) is 4. The van der Waals surface area contributed by atoms with E-state index in [1.54, 1.807) is 0 Å². The van der Waals surface area contributed by atoms with Crippen LogP contribution in [0.3, 0.4) is 0 Å². The Bertz CT molecular complexity index is 269. The molecule has 16 heavy (non-hydrogen) atoms. The fraction of sp³-hybridized carbons (Fsp3) is 0.909. The van der Waals surface area contributed by atoms with E-state index in [2.05, 4.69) is 4.90 Å². The molecule has 2 saturated heterocycles. The molecule has 92 valence electrons. The number of likely N-dealkylation sites (N-methyl/N-ethyl adjacent to an activating group) is 1. The molecule has 2 aliphatic rings. The molecule has 1 atom stereocenters. The van der Waals surface area contributed by atoms with Crippen LogP contribution in [0.25, 0.3) is 0 Å². The van der Waals surface area contributed by atoms with E-state index in [-0.39, 0.29) is 5.91 Å². The molecule has 0 aromatic heterocycles. The van der Waals surface area contributed by atoms with Gasteiger partial charge in [-0.2, -0.15) is 11.8 Å². The van der Waals surface area contributed by atoms with Crippen molar-refractivity contribution in [2.45, 2.75) is 12.5 Å². The summed E-state index contributed by atoms with van der Waals surface area (Å²) >= 11 is 1.92. The standard InChI is InChI=1S/C11H20N2O2S/c1-11(9-12(2)3-6-15-11)10(14)13-4-7-16-8-5-13/h3-9H2,1-2H3/t11-/m1/s1. The fourth-order valence-electron chi connectivity index (χ4n) is 2.30. The zero-order valence-electron chi connectivity index (χ0n) is 10.1. The first-order valence-corrected chi connectivity index (χ1v) is 6.97. The Balaban J connectivity index is 2.01. The van der Waals surface area contributed by atoms with E-state index in [1.165, 1.54) is 0 Å². The van der Waals surface area contributed by atoms with Gasteiger partial charge in [-0.15, -0.1) is 0 Å². The van der Waals surface area contributed by atoms with Crippen LogP contribution in [0.2, 0.25) is 0 Å². The molecule has 0 radical (unpaired) electrons. The average molecular weight is 244 g/mol. The molecule has 0 bridgehead atoms. The van der Waals surface area contributed by atoms with Crippen molar-refractivity contribution in [2.75, 3.05) is 51.3 Å². The van der Waals surface area contributed by atoms with Gasteiger partial charge >= 0.3 is 0 Å². The van der Waals surface area contributed by atoms with Crippen LogP contribution in [0.1, 0.15) is 6.92 Å². The average Bonchev–Trinajstić information content (AvgIpc) is 2.29. The van der Waals surface area contributed by atoms with Crippen LogP contribution in [0.5, 0.6) is 0 Å². The van der Waals surface area contributed by atoms with Crippen LogP contribution >= 0.6 is 11.8 Å². The minimum atomic E-state index is -0.630. The van der Waals surface area contributed by atoms with Crippen LogP contribution in [0, 0.1) is 0 Å². The molecule has 0 spiro atoms. The Hall–Kier alpha value is -0.260. The Kier molecular flexibility index (Phi) is 3.77. The van der Waals surface area contributed by atoms with Crippen molar-refractivity contribution in [1.29, 1.82) is 0 Å². The third kappa shape index (κ3) is 2.52. The van der Waals surface area contributed by atoms with Crippen molar-refractivity contribution >= 4 is 17.7 Å². The Morgan fingerprint density at radius 2 is 2.00 bits per heavy atom. The number of rotatable bonds is 1. The van der Waals surface area contributed by atoms with E-state index in [0.29, 0.717) is 13.2 Å². The number of thioether (sulfide) groups is 1. The maximum Gasteiger partial charge on any atom is 0.255 e. The van der Waals surface area contributed by atoms with Gasteiger partial charge in [-0.1, -0.05) is 0 Å². The lowest BCUT2D eigenvalue weighted by atomic mass is 10.0. The van der Waals surface area contributed by atoms with E-state index < -0.39 is 5.60 Å². The first-order chi connectivity index (χ1) is 7.62. The number of ether oxygens (including phenoxy) is 1. The van der Waals surface area contributed by atoms with Crippen LogP contribution in [-0.2, 0) is 9.53 Å². The molecule has 2 rings (SSSR count). The molecule has 4 nitrogen and oxygen atoms in total. The maximum absolute atomic E-state index is 12.4. The normalized spacial score (nSPS) is 32.8. The van der Waals surface area contributed by atoms with E-state index >= 15 is 0 Å². The lowest BCUT2D eigenvalue weighted by molar-refractivity contribution is -0.165.